The Balaban J connectivity index is 1.85. The van der Waals surface area contributed by atoms with Gasteiger partial charge in [-0.05, 0) is 58.5 Å². The molecule has 0 bridgehead atoms. The average Bonchev–Trinajstić information content (AvgIpc) is 2.48. The molecule has 0 atom stereocenters. The summed E-state index contributed by atoms with van der Waals surface area (Å²) in [4.78, 5) is 11.8. The fourth-order valence-electron chi connectivity index (χ4n) is 1.70. The number of carbonyl (C=O) groups excluding carboxylic acids is 1. The predicted molar refractivity (Wildman–Crippen MR) is 89.0 cm³/mol. The topological polar surface area (TPSA) is 62.1 Å². The monoisotopic (exact) mass is 392 g/mol. The highest BCUT2D eigenvalue weighted by atomic mass is 127. The normalized spacial score (nSPS) is 9.71. The number of nitrogens with zero attached hydrogens (tertiary/aromatic N) is 1. The lowest BCUT2D eigenvalue weighted by atomic mass is 10.1. The van der Waals surface area contributed by atoms with E-state index < -0.39 is 0 Å². The summed E-state index contributed by atoms with van der Waals surface area (Å²) < 4.78 is 6.48. The van der Waals surface area contributed by atoms with Crippen molar-refractivity contribution in [1.29, 1.82) is 5.26 Å². The summed E-state index contributed by atoms with van der Waals surface area (Å²) in [6, 6.07) is 16.8. The van der Waals surface area contributed by atoms with Gasteiger partial charge in [0.05, 0.1) is 12.5 Å². The van der Waals surface area contributed by atoms with Gasteiger partial charge in [-0.2, -0.15) is 5.26 Å². The summed E-state index contributed by atoms with van der Waals surface area (Å²) in [6.07, 6.45) is 0.365. The van der Waals surface area contributed by atoms with E-state index in [9.17, 15) is 4.79 Å². The lowest BCUT2D eigenvalue weighted by Crippen LogP contribution is -2.20. The molecule has 0 fully saturated rings. The third-order valence-corrected chi connectivity index (χ3v) is 3.36. The Bertz CT molecular complexity index is 663. The van der Waals surface area contributed by atoms with Gasteiger partial charge in [0, 0.05) is 9.26 Å². The minimum atomic E-state index is -0.220. The van der Waals surface area contributed by atoms with Gasteiger partial charge in [0.25, 0.3) is 5.91 Å². The van der Waals surface area contributed by atoms with Crippen molar-refractivity contribution in [2.75, 3.05) is 11.9 Å². The highest BCUT2D eigenvalue weighted by Crippen LogP contribution is 2.15. The largest absolute Gasteiger partial charge is 0.484 e. The Kier molecular flexibility index (Phi) is 5.58. The number of rotatable bonds is 5. The van der Waals surface area contributed by atoms with E-state index >= 15 is 0 Å². The number of ether oxygens (including phenoxy) is 1. The number of nitriles is 1. The molecule has 2 aromatic carbocycles. The zero-order valence-electron chi connectivity index (χ0n) is 11.2. The molecule has 1 N–H and O–H groups in total. The number of carbonyl (C=O) groups is 1. The quantitative estimate of drug-likeness (QED) is 0.794. The molecule has 2 rings (SSSR count). The number of hydrogen-bond donors (Lipinski definition) is 1. The summed E-state index contributed by atoms with van der Waals surface area (Å²) in [5, 5.41) is 11.3. The molecule has 0 radical (unpaired) electrons. The standard InChI is InChI=1S/C16H13IN2O2/c17-13-2-1-3-15(10-13)21-11-16(20)19-14-6-4-12(5-7-14)8-9-18/h1-7,10H,8,11H2,(H,19,20). The van der Waals surface area contributed by atoms with E-state index in [0.29, 0.717) is 17.9 Å². The van der Waals surface area contributed by atoms with Gasteiger partial charge in [-0.15, -0.1) is 0 Å². The van der Waals surface area contributed by atoms with Crippen molar-refractivity contribution in [2.45, 2.75) is 6.42 Å². The van der Waals surface area contributed by atoms with Crippen molar-refractivity contribution in [3.05, 3.63) is 57.7 Å². The van der Waals surface area contributed by atoms with Crippen LogP contribution in [0.5, 0.6) is 5.75 Å². The number of halogens is 1. The Morgan fingerprint density at radius 2 is 2.00 bits per heavy atom. The van der Waals surface area contributed by atoms with Crippen LogP contribution >= 0.6 is 22.6 Å². The van der Waals surface area contributed by atoms with Crippen LogP contribution in [0.4, 0.5) is 5.69 Å². The van der Waals surface area contributed by atoms with Crippen LogP contribution in [0.2, 0.25) is 0 Å². The molecule has 1 amide bonds. The zero-order valence-corrected chi connectivity index (χ0v) is 13.3. The van der Waals surface area contributed by atoms with E-state index in [1.807, 2.05) is 36.4 Å². The van der Waals surface area contributed by atoms with Crippen LogP contribution in [-0.4, -0.2) is 12.5 Å². The van der Waals surface area contributed by atoms with E-state index in [1.54, 1.807) is 12.1 Å². The smallest absolute Gasteiger partial charge is 0.262 e. The van der Waals surface area contributed by atoms with E-state index in [-0.39, 0.29) is 12.5 Å². The summed E-state index contributed by atoms with van der Waals surface area (Å²) in [7, 11) is 0. The van der Waals surface area contributed by atoms with Crippen LogP contribution in [-0.2, 0) is 11.2 Å². The first-order chi connectivity index (χ1) is 10.2. The van der Waals surface area contributed by atoms with Crippen LogP contribution in [0.1, 0.15) is 5.56 Å². The molecule has 0 aliphatic carbocycles. The third-order valence-electron chi connectivity index (χ3n) is 2.69. The summed E-state index contributed by atoms with van der Waals surface area (Å²) in [5.74, 6) is 0.448. The lowest BCUT2D eigenvalue weighted by molar-refractivity contribution is -0.118. The Hall–Kier alpha value is -2.07. The van der Waals surface area contributed by atoms with Crippen LogP contribution in [0.25, 0.3) is 0 Å². The third kappa shape index (κ3) is 5.08. The molecule has 0 aliphatic heterocycles. The first-order valence-electron chi connectivity index (χ1n) is 6.31. The minimum Gasteiger partial charge on any atom is -0.484 e. The van der Waals surface area contributed by atoms with Crippen molar-refractivity contribution in [3.63, 3.8) is 0 Å². The lowest BCUT2D eigenvalue weighted by Gasteiger charge is -2.08. The van der Waals surface area contributed by atoms with Crippen molar-refractivity contribution in [2.24, 2.45) is 0 Å². The maximum Gasteiger partial charge on any atom is 0.262 e. The van der Waals surface area contributed by atoms with E-state index in [4.69, 9.17) is 10.00 Å². The SMILES string of the molecule is N#CCc1ccc(NC(=O)COc2cccc(I)c2)cc1. The fourth-order valence-corrected chi connectivity index (χ4v) is 2.21. The Labute approximate surface area is 136 Å². The van der Waals surface area contributed by atoms with Gasteiger partial charge in [0.15, 0.2) is 6.61 Å². The second-order valence-electron chi connectivity index (χ2n) is 4.33. The van der Waals surface area contributed by atoms with Gasteiger partial charge >= 0.3 is 0 Å². The molecule has 0 heterocycles. The van der Waals surface area contributed by atoms with Crippen LogP contribution < -0.4 is 10.1 Å². The van der Waals surface area contributed by atoms with Crippen molar-refractivity contribution < 1.29 is 9.53 Å². The molecule has 0 aromatic heterocycles. The second kappa shape index (κ2) is 7.64. The van der Waals surface area contributed by atoms with Crippen molar-refractivity contribution in [1.82, 2.24) is 0 Å². The number of benzene rings is 2. The molecule has 0 saturated heterocycles. The summed E-state index contributed by atoms with van der Waals surface area (Å²) in [6.45, 7) is -0.0416. The molecule has 106 valence electrons. The van der Waals surface area contributed by atoms with Gasteiger partial charge in [0.2, 0.25) is 0 Å². The molecule has 21 heavy (non-hydrogen) atoms. The molecule has 4 nitrogen and oxygen atoms in total. The molecule has 0 aliphatic rings. The highest BCUT2D eigenvalue weighted by molar-refractivity contribution is 14.1. The molecule has 2 aromatic rings. The first-order valence-corrected chi connectivity index (χ1v) is 7.39. The summed E-state index contributed by atoms with van der Waals surface area (Å²) in [5.41, 5.74) is 1.61. The fraction of sp³-hybridized carbons (Fsp3) is 0.125. The maximum atomic E-state index is 11.8. The number of amides is 1. The molecule has 0 unspecified atom stereocenters. The van der Waals surface area contributed by atoms with Gasteiger partial charge < -0.3 is 10.1 Å². The highest BCUT2D eigenvalue weighted by Gasteiger charge is 2.04. The van der Waals surface area contributed by atoms with Gasteiger partial charge in [0.1, 0.15) is 5.75 Å². The zero-order chi connectivity index (χ0) is 15.1. The van der Waals surface area contributed by atoms with Crippen molar-refractivity contribution >= 4 is 34.2 Å². The maximum absolute atomic E-state index is 11.8. The van der Waals surface area contributed by atoms with Crippen molar-refractivity contribution in [3.8, 4) is 11.8 Å². The molecule has 0 spiro atoms. The van der Waals surface area contributed by atoms with E-state index in [1.165, 1.54) is 0 Å². The summed E-state index contributed by atoms with van der Waals surface area (Å²) >= 11 is 2.19. The molecule has 0 saturated carbocycles. The van der Waals surface area contributed by atoms with E-state index in [2.05, 4.69) is 34.0 Å². The molecular weight excluding hydrogens is 379 g/mol. The van der Waals surface area contributed by atoms with Crippen LogP contribution in [0.3, 0.4) is 0 Å². The minimum absolute atomic E-state index is 0.0416. The number of anilines is 1. The second-order valence-corrected chi connectivity index (χ2v) is 5.57. The van der Waals surface area contributed by atoms with Gasteiger partial charge in [-0.3, -0.25) is 4.79 Å². The van der Waals surface area contributed by atoms with Crippen LogP contribution in [0, 0.1) is 14.9 Å². The average molecular weight is 392 g/mol. The first kappa shape index (κ1) is 15.3. The molecular formula is C16H13IN2O2. The number of nitrogens with one attached hydrogen (secondary N) is 1. The Morgan fingerprint density at radius 3 is 2.67 bits per heavy atom. The van der Waals surface area contributed by atoms with E-state index in [0.717, 1.165) is 9.13 Å². The Morgan fingerprint density at radius 1 is 1.24 bits per heavy atom. The molecule has 5 heteroatoms. The van der Waals surface area contributed by atoms with Gasteiger partial charge in [-0.1, -0.05) is 18.2 Å². The van der Waals surface area contributed by atoms with Crippen LogP contribution in [0.15, 0.2) is 48.5 Å². The number of hydrogen-bond acceptors (Lipinski definition) is 3. The predicted octanol–water partition coefficient (Wildman–Crippen LogP) is 3.37. The van der Waals surface area contributed by atoms with Gasteiger partial charge in [-0.25, -0.2) is 0 Å².